The van der Waals surface area contributed by atoms with E-state index in [9.17, 15) is 4.79 Å². The van der Waals surface area contributed by atoms with Crippen LogP contribution in [0.4, 0.5) is 0 Å². The number of hydrogen-bond acceptors (Lipinski definition) is 4. The van der Waals surface area contributed by atoms with Crippen molar-refractivity contribution in [2.45, 2.75) is 6.10 Å². The Kier molecular flexibility index (Phi) is 4.41. The Balaban J connectivity index is 1.94. The monoisotopic (exact) mass is 285 g/mol. The van der Waals surface area contributed by atoms with E-state index in [2.05, 4.69) is 5.32 Å². The highest BCUT2D eigenvalue weighted by atomic mass is 35.5. The van der Waals surface area contributed by atoms with E-state index in [1.807, 2.05) is 12.1 Å². The number of carbonyl (C=O) groups excluding carboxylic acids is 1. The molecular formula is C12H12ClNO3S. The predicted molar refractivity (Wildman–Crippen MR) is 70.1 cm³/mol. The van der Waals surface area contributed by atoms with Gasteiger partial charge in [-0.1, -0.05) is 11.6 Å². The summed E-state index contributed by atoms with van der Waals surface area (Å²) in [5, 5.41) is 2.78. The highest BCUT2D eigenvalue weighted by molar-refractivity contribution is 7.16. The van der Waals surface area contributed by atoms with Crippen LogP contribution < -0.4 is 5.32 Å². The zero-order chi connectivity index (χ0) is 13.0. The molecule has 96 valence electrons. The molecule has 0 fully saturated rings. The van der Waals surface area contributed by atoms with Crippen LogP contribution in [-0.4, -0.2) is 19.6 Å². The van der Waals surface area contributed by atoms with Gasteiger partial charge in [-0.05, 0) is 18.2 Å². The summed E-state index contributed by atoms with van der Waals surface area (Å²) in [6.45, 7) is 0.386. The molecule has 0 spiro atoms. The molecule has 0 aliphatic rings. The van der Waals surface area contributed by atoms with Crippen molar-refractivity contribution in [3.8, 4) is 0 Å². The number of nitrogens with one attached hydrogen (secondary N) is 1. The normalized spacial score (nSPS) is 12.3. The SMILES string of the molecule is CO[C@@H](CNC(=O)c1ccoc1)c1ccc(Cl)s1. The number of rotatable bonds is 5. The van der Waals surface area contributed by atoms with E-state index in [1.165, 1.54) is 23.9 Å². The first-order valence-electron chi connectivity index (χ1n) is 5.29. The number of halogens is 1. The third-order valence-corrected chi connectivity index (χ3v) is 3.75. The zero-order valence-electron chi connectivity index (χ0n) is 9.68. The van der Waals surface area contributed by atoms with Gasteiger partial charge in [-0.15, -0.1) is 11.3 Å². The Morgan fingerprint density at radius 3 is 2.94 bits per heavy atom. The number of carbonyl (C=O) groups is 1. The van der Waals surface area contributed by atoms with Gasteiger partial charge in [-0.3, -0.25) is 4.79 Å². The lowest BCUT2D eigenvalue weighted by Gasteiger charge is -2.14. The highest BCUT2D eigenvalue weighted by Gasteiger charge is 2.15. The Labute approximate surface area is 114 Å². The quantitative estimate of drug-likeness (QED) is 0.918. The number of thiophene rings is 1. The second kappa shape index (κ2) is 6.04. The third kappa shape index (κ3) is 3.13. The number of furan rings is 1. The smallest absolute Gasteiger partial charge is 0.254 e. The van der Waals surface area contributed by atoms with Crippen molar-refractivity contribution in [2.75, 3.05) is 13.7 Å². The summed E-state index contributed by atoms with van der Waals surface area (Å²) in [5.74, 6) is -0.187. The standard InChI is InChI=1S/C12H12ClNO3S/c1-16-9(10-2-3-11(13)18-10)6-14-12(15)8-4-5-17-7-8/h2-5,7,9H,6H2,1H3,(H,14,15)/t9-/m0/s1. The molecule has 2 aromatic heterocycles. The second-order valence-corrected chi connectivity index (χ2v) is 5.33. The molecule has 2 rings (SSSR count). The van der Waals surface area contributed by atoms with Gasteiger partial charge in [-0.25, -0.2) is 0 Å². The van der Waals surface area contributed by atoms with Gasteiger partial charge in [0.2, 0.25) is 0 Å². The van der Waals surface area contributed by atoms with Gasteiger partial charge < -0.3 is 14.5 Å². The maximum atomic E-state index is 11.7. The molecule has 0 aliphatic carbocycles. The topological polar surface area (TPSA) is 51.5 Å². The van der Waals surface area contributed by atoms with Crippen LogP contribution in [0.5, 0.6) is 0 Å². The molecule has 0 saturated carbocycles. The summed E-state index contributed by atoms with van der Waals surface area (Å²) >= 11 is 7.31. The lowest BCUT2D eigenvalue weighted by atomic mass is 10.2. The Bertz CT molecular complexity index is 509. The lowest BCUT2D eigenvalue weighted by molar-refractivity contribution is 0.0837. The average molecular weight is 286 g/mol. The molecule has 1 N–H and O–H groups in total. The molecule has 0 radical (unpaired) electrons. The van der Waals surface area contributed by atoms with Gasteiger partial charge in [0.05, 0.1) is 16.2 Å². The Morgan fingerprint density at radius 2 is 2.39 bits per heavy atom. The van der Waals surface area contributed by atoms with Crippen LogP contribution >= 0.6 is 22.9 Å². The van der Waals surface area contributed by atoms with Gasteiger partial charge >= 0.3 is 0 Å². The maximum Gasteiger partial charge on any atom is 0.254 e. The Morgan fingerprint density at radius 1 is 1.56 bits per heavy atom. The van der Waals surface area contributed by atoms with Crippen LogP contribution in [0.3, 0.4) is 0 Å². The fourth-order valence-corrected chi connectivity index (χ4v) is 2.62. The number of hydrogen-bond donors (Lipinski definition) is 1. The summed E-state index contributed by atoms with van der Waals surface area (Å²) in [6, 6.07) is 5.32. The second-order valence-electron chi connectivity index (χ2n) is 3.59. The van der Waals surface area contributed by atoms with Gasteiger partial charge in [0.25, 0.3) is 5.91 Å². The van der Waals surface area contributed by atoms with E-state index in [1.54, 1.807) is 13.2 Å². The molecule has 2 heterocycles. The highest BCUT2D eigenvalue weighted by Crippen LogP contribution is 2.28. The summed E-state index contributed by atoms with van der Waals surface area (Å²) in [7, 11) is 1.60. The maximum absolute atomic E-state index is 11.7. The van der Waals surface area contributed by atoms with Crippen LogP contribution in [0.1, 0.15) is 21.3 Å². The average Bonchev–Trinajstić information content (AvgIpc) is 3.01. The first-order valence-corrected chi connectivity index (χ1v) is 6.48. The molecule has 0 saturated heterocycles. The Hall–Kier alpha value is -1.30. The first kappa shape index (κ1) is 13.1. The van der Waals surface area contributed by atoms with E-state index in [-0.39, 0.29) is 12.0 Å². The summed E-state index contributed by atoms with van der Waals surface area (Å²) in [4.78, 5) is 12.7. The molecule has 2 aromatic rings. The van der Waals surface area contributed by atoms with E-state index in [4.69, 9.17) is 20.8 Å². The van der Waals surface area contributed by atoms with Crippen molar-refractivity contribution in [1.82, 2.24) is 5.32 Å². The van der Waals surface area contributed by atoms with E-state index < -0.39 is 0 Å². The molecule has 0 unspecified atom stereocenters. The van der Waals surface area contributed by atoms with E-state index in [0.29, 0.717) is 16.4 Å². The van der Waals surface area contributed by atoms with E-state index in [0.717, 1.165) is 4.88 Å². The minimum Gasteiger partial charge on any atom is -0.472 e. The molecule has 6 heteroatoms. The van der Waals surface area contributed by atoms with Gasteiger partial charge in [0.15, 0.2) is 0 Å². The fourth-order valence-electron chi connectivity index (χ4n) is 1.48. The molecule has 4 nitrogen and oxygen atoms in total. The number of amides is 1. The van der Waals surface area contributed by atoms with Crippen LogP contribution in [0.2, 0.25) is 4.34 Å². The molecule has 1 atom stereocenters. The van der Waals surface area contributed by atoms with Crippen LogP contribution in [0, 0.1) is 0 Å². The molecule has 0 aliphatic heterocycles. The lowest BCUT2D eigenvalue weighted by Crippen LogP contribution is -2.28. The van der Waals surface area contributed by atoms with Crippen molar-refractivity contribution in [3.63, 3.8) is 0 Å². The molecular weight excluding hydrogens is 274 g/mol. The van der Waals surface area contributed by atoms with Crippen LogP contribution in [0.15, 0.2) is 35.1 Å². The van der Waals surface area contributed by atoms with E-state index >= 15 is 0 Å². The van der Waals surface area contributed by atoms with Crippen molar-refractivity contribution < 1.29 is 13.9 Å². The summed E-state index contributed by atoms with van der Waals surface area (Å²) in [5.41, 5.74) is 0.495. The zero-order valence-corrected chi connectivity index (χ0v) is 11.3. The largest absolute Gasteiger partial charge is 0.472 e. The first-order chi connectivity index (χ1) is 8.70. The van der Waals surface area contributed by atoms with Crippen molar-refractivity contribution >= 4 is 28.8 Å². The minimum atomic E-state index is -0.196. The predicted octanol–water partition coefficient (Wildman–Crippen LogP) is 3.11. The molecule has 1 amide bonds. The fraction of sp³-hybridized carbons (Fsp3) is 0.250. The third-order valence-electron chi connectivity index (χ3n) is 2.43. The van der Waals surface area contributed by atoms with Crippen LogP contribution in [-0.2, 0) is 4.74 Å². The molecule has 0 aromatic carbocycles. The molecule has 0 bridgehead atoms. The van der Waals surface area contributed by atoms with Crippen molar-refractivity contribution in [2.24, 2.45) is 0 Å². The summed E-state index contributed by atoms with van der Waals surface area (Å²) < 4.78 is 10.9. The summed E-state index contributed by atoms with van der Waals surface area (Å²) in [6.07, 6.45) is 2.67. The van der Waals surface area contributed by atoms with Crippen LogP contribution in [0.25, 0.3) is 0 Å². The van der Waals surface area contributed by atoms with Crippen molar-refractivity contribution in [1.29, 1.82) is 0 Å². The van der Waals surface area contributed by atoms with Gasteiger partial charge in [-0.2, -0.15) is 0 Å². The minimum absolute atomic E-state index is 0.187. The van der Waals surface area contributed by atoms with Gasteiger partial charge in [0, 0.05) is 18.5 Å². The van der Waals surface area contributed by atoms with Gasteiger partial charge in [0.1, 0.15) is 12.4 Å². The molecule has 18 heavy (non-hydrogen) atoms. The number of ether oxygens (including phenoxy) is 1. The van der Waals surface area contributed by atoms with Crippen molar-refractivity contribution in [3.05, 3.63) is 45.5 Å². The number of methoxy groups -OCH3 is 1.